The molecule has 0 fully saturated rings. The molecule has 0 spiro atoms. The van der Waals surface area contributed by atoms with Crippen LogP contribution in [-0.4, -0.2) is 11.2 Å². The molecule has 0 amide bonds. The molecule has 2 atom stereocenters. The summed E-state index contributed by atoms with van der Waals surface area (Å²) in [6.45, 7) is 8.75. The molecule has 1 aromatic carbocycles. The molecule has 0 radical (unpaired) electrons. The van der Waals surface area contributed by atoms with Gasteiger partial charge in [0.1, 0.15) is 0 Å². The fraction of sp³-hybridized carbons (Fsp3) is 0.625. The fourth-order valence-corrected chi connectivity index (χ4v) is 2.36. The molecule has 0 aliphatic carbocycles. The first-order chi connectivity index (χ1) is 8.00. The number of aliphatic hydroxyl groups is 1. The van der Waals surface area contributed by atoms with Gasteiger partial charge < -0.3 is 5.11 Å². The number of rotatable bonds is 6. The van der Waals surface area contributed by atoms with Crippen molar-refractivity contribution in [3.05, 3.63) is 35.9 Å². The van der Waals surface area contributed by atoms with Crippen LogP contribution in [0.25, 0.3) is 0 Å². The van der Waals surface area contributed by atoms with Gasteiger partial charge in [-0.15, -0.1) is 0 Å². The smallest absolute Gasteiger partial charge is 0.0576 e. The molecular weight excluding hydrogens is 208 g/mol. The van der Waals surface area contributed by atoms with Crippen molar-refractivity contribution >= 4 is 0 Å². The highest BCUT2D eigenvalue weighted by atomic mass is 16.3. The average Bonchev–Trinajstić information content (AvgIpc) is 2.25. The molecule has 96 valence electrons. The predicted octanol–water partition coefficient (Wildman–Crippen LogP) is 3.91. The summed E-state index contributed by atoms with van der Waals surface area (Å²) in [5, 5.41) is 10.3. The van der Waals surface area contributed by atoms with Crippen molar-refractivity contribution in [2.45, 2.75) is 46.6 Å². The lowest BCUT2D eigenvalue weighted by atomic mass is 9.82. The summed E-state index contributed by atoms with van der Waals surface area (Å²) >= 11 is 0. The molecule has 0 aromatic heterocycles. The second-order valence-electron chi connectivity index (χ2n) is 5.79. The largest absolute Gasteiger partial charge is 0.393 e. The quantitative estimate of drug-likeness (QED) is 0.791. The Bertz CT molecular complexity index is 303. The second kappa shape index (κ2) is 6.80. The van der Waals surface area contributed by atoms with Crippen molar-refractivity contribution in [2.75, 3.05) is 0 Å². The Morgan fingerprint density at radius 2 is 1.59 bits per heavy atom. The number of aliphatic hydroxyl groups excluding tert-OH is 1. The molecule has 1 N–H and O–H groups in total. The maximum Gasteiger partial charge on any atom is 0.0576 e. The predicted molar refractivity (Wildman–Crippen MR) is 73.9 cm³/mol. The number of hydrogen-bond acceptors (Lipinski definition) is 1. The van der Waals surface area contributed by atoms with Crippen LogP contribution in [0.3, 0.4) is 0 Å². The molecule has 1 rings (SSSR count). The van der Waals surface area contributed by atoms with Crippen molar-refractivity contribution in [3.8, 4) is 0 Å². The SMILES string of the molecule is CC(C)C[C@@H](O)C(Cc1ccccc1)C(C)C. The van der Waals surface area contributed by atoms with E-state index in [1.165, 1.54) is 5.56 Å². The second-order valence-corrected chi connectivity index (χ2v) is 5.79. The lowest BCUT2D eigenvalue weighted by Crippen LogP contribution is -2.28. The summed E-state index contributed by atoms with van der Waals surface area (Å²) < 4.78 is 0. The van der Waals surface area contributed by atoms with Gasteiger partial charge in [-0.2, -0.15) is 0 Å². The summed E-state index contributed by atoms with van der Waals surface area (Å²) in [5.41, 5.74) is 1.33. The van der Waals surface area contributed by atoms with Crippen LogP contribution >= 0.6 is 0 Å². The molecule has 0 aliphatic heterocycles. The Morgan fingerprint density at radius 3 is 2.06 bits per heavy atom. The van der Waals surface area contributed by atoms with E-state index in [-0.39, 0.29) is 6.10 Å². The third-order valence-electron chi connectivity index (χ3n) is 3.38. The van der Waals surface area contributed by atoms with Crippen LogP contribution in [0.5, 0.6) is 0 Å². The van der Waals surface area contributed by atoms with Crippen molar-refractivity contribution in [3.63, 3.8) is 0 Å². The van der Waals surface area contributed by atoms with Crippen LogP contribution in [0.15, 0.2) is 30.3 Å². The lowest BCUT2D eigenvalue weighted by Gasteiger charge is -2.27. The third kappa shape index (κ3) is 4.91. The summed E-state index contributed by atoms with van der Waals surface area (Å²) in [6, 6.07) is 10.5. The van der Waals surface area contributed by atoms with Gasteiger partial charge in [0.2, 0.25) is 0 Å². The van der Waals surface area contributed by atoms with Crippen molar-refractivity contribution in [1.82, 2.24) is 0 Å². The summed E-state index contributed by atoms with van der Waals surface area (Å²) in [5.74, 6) is 1.44. The Labute approximate surface area is 106 Å². The van der Waals surface area contributed by atoms with E-state index in [1.807, 2.05) is 6.07 Å². The van der Waals surface area contributed by atoms with Gasteiger partial charge in [0.25, 0.3) is 0 Å². The molecule has 1 nitrogen and oxygen atoms in total. The molecular formula is C16H26O. The highest BCUT2D eigenvalue weighted by Crippen LogP contribution is 2.24. The zero-order valence-corrected chi connectivity index (χ0v) is 11.6. The minimum atomic E-state index is -0.185. The summed E-state index contributed by atoms with van der Waals surface area (Å²) in [4.78, 5) is 0. The Morgan fingerprint density at radius 1 is 1.00 bits per heavy atom. The first-order valence-electron chi connectivity index (χ1n) is 6.72. The van der Waals surface area contributed by atoms with Gasteiger partial charge in [0.05, 0.1) is 6.10 Å². The van der Waals surface area contributed by atoms with Crippen LogP contribution < -0.4 is 0 Å². The lowest BCUT2D eigenvalue weighted by molar-refractivity contribution is 0.0629. The maximum atomic E-state index is 10.3. The van der Waals surface area contributed by atoms with Gasteiger partial charge in [0, 0.05) is 0 Å². The zero-order chi connectivity index (χ0) is 12.8. The minimum Gasteiger partial charge on any atom is -0.393 e. The third-order valence-corrected chi connectivity index (χ3v) is 3.38. The van der Waals surface area contributed by atoms with E-state index in [2.05, 4.69) is 52.0 Å². The molecule has 17 heavy (non-hydrogen) atoms. The zero-order valence-electron chi connectivity index (χ0n) is 11.6. The molecule has 1 aromatic rings. The monoisotopic (exact) mass is 234 g/mol. The van der Waals surface area contributed by atoms with E-state index in [0.29, 0.717) is 17.8 Å². The van der Waals surface area contributed by atoms with Gasteiger partial charge in [0.15, 0.2) is 0 Å². The van der Waals surface area contributed by atoms with Crippen LogP contribution in [-0.2, 0) is 6.42 Å². The minimum absolute atomic E-state index is 0.185. The van der Waals surface area contributed by atoms with E-state index < -0.39 is 0 Å². The molecule has 0 heterocycles. The summed E-state index contributed by atoms with van der Waals surface area (Å²) in [6.07, 6.45) is 1.69. The fourth-order valence-electron chi connectivity index (χ4n) is 2.36. The number of hydrogen-bond donors (Lipinski definition) is 1. The van der Waals surface area contributed by atoms with Gasteiger partial charge in [-0.25, -0.2) is 0 Å². The Hall–Kier alpha value is -0.820. The van der Waals surface area contributed by atoms with Crippen molar-refractivity contribution in [2.24, 2.45) is 17.8 Å². The highest BCUT2D eigenvalue weighted by Gasteiger charge is 2.23. The van der Waals surface area contributed by atoms with E-state index in [1.54, 1.807) is 0 Å². The van der Waals surface area contributed by atoms with Gasteiger partial charge in [-0.1, -0.05) is 58.0 Å². The van der Waals surface area contributed by atoms with E-state index in [4.69, 9.17) is 0 Å². The molecule has 0 saturated heterocycles. The Balaban J connectivity index is 2.66. The average molecular weight is 234 g/mol. The van der Waals surface area contributed by atoms with Gasteiger partial charge in [-0.05, 0) is 36.2 Å². The van der Waals surface area contributed by atoms with Crippen molar-refractivity contribution in [1.29, 1.82) is 0 Å². The van der Waals surface area contributed by atoms with E-state index in [0.717, 1.165) is 12.8 Å². The normalized spacial score (nSPS) is 15.2. The summed E-state index contributed by atoms with van der Waals surface area (Å²) in [7, 11) is 0. The topological polar surface area (TPSA) is 20.2 Å². The first-order valence-corrected chi connectivity index (χ1v) is 6.72. The van der Waals surface area contributed by atoms with E-state index in [9.17, 15) is 5.11 Å². The van der Waals surface area contributed by atoms with Crippen LogP contribution in [0.4, 0.5) is 0 Å². The van der Waals surface area contributed by atoms with Gasteiger partial charge >= 0.3 is 0 Å². The van der Waals surface area contributed by atoms with Crippen LogP contribution in [0.1, 0.15) is 39.7 Å². The van der Waals surface area contributed by atoms with E-state index >= 15 is 0 Å². The molecule has 1 heteroatoms. The molecule has 0 bridgehead atoms. The highest BCUT2D eigenvalue weighted by molar-refractivity contribution is 5.15. The van der Waals surface area contributed by atoms with Crippen LogP contribution in [0.2, 0.25) is 0 Å². The molecule has 1 unspecified atom stereocenters. The Kier molecular flexibility index (Phi) is 5.70. The van der Waals surface area contributed by atoms with Crippen molar-refractivity contribution < 1.29 is 5.11 Å². The number of benzene rings is 1. The first kappa shape index (κ1) is 14.2. The molecule has 0 aliphatic rings. The van der Waals surface area contributed by atoms with Crippen LogP contribution in [0, 0.1) is 17.8 Å². The molecule has 0 saturated carbocycles. The maximum absolute atomic E-state index is 10.3. The standard InChI is InChI=1S/C16H26O/c1-12(2)10-16(17)15(13(3)4)11-14-8-6-5-7-9-14/h5-9,12-13,15-17H,10-11H2,1-4H3/t15?,16-/m1/s1. The van der Waals surface area contributed by atoms with Gasteiger partial charge in [-0.3, -0.25) is 0 Å².